The zero-order valence-electron chi connectivity index (χ0n) is 11.3. The van der Waals surface area contributed by atoms with E-state index in [-0.39, 0.29) is 6.10 Å². The van der Waals surface area contributed by atoms with E-state index < -0.39 is 0 Å². The van der Waals surface area contributed by atoms with Gasteiger partial charge in [0.15, 0.2) is 0 Å². The molecule has 0 bridgehead atoms. The normalized spacial score (nSPS) is 14.8. The van der Waals surface area contributed by atoms with Crippen LogP contribution in [0.4, 0.5) is 0 Å². The quantitative estimate of drug-likeness (QED) is 0.882. The minimum Gasteiger partial charge on any atom is -0.490 e. The van der Waals surface area contributed by atoms with E-state index in [0.29, 0.717) is 12.0 Å². The lowest BCUT2D eigenvalue weighted by Crippen LogP contribution is -2.19. The number of rotatable bonds is 5. The smallest absolute Gasteiger partial charge is 0.120 e. The molecule has 1 N–H and O–H groups in total. The second kappa shape index (κ2) is 6.41. The van der Waals surface area contributed by atoms with Crippen LogP contribution in [0.2, 0.25) is 0 Å². The van der Waals surface area contributed by atoms with Gasteiger partial charge in [0.05, 0.1) is 6.10 Å². The first-order valence-corrected chi connectivity index (χ1v) is 6.88. The molecule has 3 heteroatoms. The van der Waals surface area contributed by atoms with Gasteiger partial charge < -0.3 is 10.1 Å². The summed E-state index contributed by atoms with van der Waals surface area (Å²) in [6.45, 7) is 8.56. The molecule has 0 heterocycles. The van der Waals surface area contributed by atoms with Crippen LogP contribution in [0, 0.1) is 5.92 Å². The Morgan fingerprint density at radius 1 is 1.18 bits per heavy atom. The highest BCUT2D eigenvalue weighted by atomic mass is 79.9. The van der Waals surface area contributed by atoms with Crippen LogP contribution in [0.5, 0.6) is 5.75 Å². The summed E-state index contributed by atoms with van der Waals surface area (Å²) in [5.41, 5.74) is 1.25. The Morgan fingerprint density at radius 3 is 2.29 bits per heavy atom. The van der Waals surface area contributed by atoms with Crippen LogP contribution in [0.1, 0.15) is 39.3 Å². The molecule has 2 atom stereocenters. The molecule has 2 nitrogen and oxygen atoms in total. The fourth-order valence-electron chi connectivity index (χ4n) is 1.44. The van der Waals surface area contributed by atoms with Crippen molar-refractivity contribution in [1.29, 1.82) is 0 Å². The third-order valence-corrected chi connectivity index (χ3v) is 3.82. The number of halogens is 1. The molecule has 0 saturated carbocycles. The summed E-state index contributed by atoms with van der Waals surface area (Å²) in [6, 6.07) is 6.52. The lowest BCUT2D eigenvalue weighted by atomic mass is 10.1. The maximum absolute atomic E-state index is 5.87. The van der Waals surface area contributed by atoms with Crippen molar-refractivity contribution in [1.82, 2.24) is 5.32 Å². The van der Waals surface area contributed by atoms with Crippen LogP contribution in [-0.2, 0) is 0 Å². The summed E-state index contributed by atoms with van der Waals surface area (Å²) in [6.07, 6.45) is 0.231. The zero-order chi connectivity index (χ0) is 13.0. The number of ether oxygens (including phenoxy) is 1. The van der Waals surface area contributed by atoms with Gasteiger partial charge in [-0.1, -0.05) is 35.8 Å². The molecule has 1 aromatic carbocycles. The summed E-state index contributed by atoms with van der Waals surface area (Å²) < 4.78 is 6.97. The second-order valence-corrected chi connectivity index (χ2v) is 5.62. The van der Waals surface area contributed by atoms with Crippen molar-refractivity contribution in [2.24, 2.45) is 5.92 Å². The molecule has 0 saturated heterocycles. The van der Waals surface area contributed by atoms with E-state index in [9.17, 15) is 0 Å². The van der Waals surface area contributed by atoms with Crippen LogP contribution >= 0.6 is 15.9 Å². The molecule has 17 heavy (non-hydrogen) atoms. The van der Waals surface area contributed by atoms with E-state index in [1.165, 1.54) is 5.56 Å². The average Bonchev–Trinajstić information content (AvgIpc) is 2.28. The number of nitrogens with one attached hydrogen (secondary N) is 1. The highest BCUT2D eigenvalue weighted by Crippen LogP contribution is 2.28. The van der Waals surface area contributed by atoms with E-state index in [0.717, 1.165) is 10.2 Å². The molecule has 0 aliphatic carbocycles. The minimum absolute atomic E-state index is 0.231. The van der Waals surface area contributed by atoms with Crippen LogP contribution < -0.4 is 10.1 Å². The molecule has 0 spiro atoms. The van der Waals surface area contributed by atoms with E-state index in [4.69, 9.17) is 4.74 Å². The van der Waals surface area contributed by atoms with Gasteiger partial charge in [-0.15, -0.1) is 0 Å². The Kier molecular flexibility index (Phi) is 5.47. The van der Waals surface area contributed by atoms with Crippen molar-refractivity contribution in [2.75, 3.05) is 7.05 Å². The predicted molar refractivity (Wildman–Crippen MR) is 76.5 cm³/mol. The Bertz CT molecular complexity index is 365. The number of hydrogen-bond donors (Lipinski definition) is 1. The summed E-state index contributed by atoms with van der Waals surface area (Å²) >= 11 is 3.60. The van der Waals surface area contributed by atoms with Gasteiger partial charge in [0.1, 0.15) is 5.75 Å². The first-order valence-electron chi connectivity index (χ1n) is 6.09. The fraction of sp³-hybridized carbons (Fsp3) is 0.571. The molecular formula is C14H22BrNO. The van der Waals surface area contributed by atoms with Crippen LogP contribution in [0.15, 0.2) is 22.7 Å². The number of benzene rings is 1. The Hall–Kier alpha value is -0.540. The summed E-state index contributed by atoms with van der Waals surface area (Å²) in [4.78, 5) is 0. The highest BCUT2D eigenvalue weighted by Gasteiger charge is 2.11. The Balaban J connectivity index is 2.82. The Morgan fingerprint density at radius 2 is 1.82 bits per heavy atom. The Labute approximate surface area is 113 Å². The SMILES string of the molecule is CNC(C)c1ccc(OC(C)C(C)C)cc1Br. The van der Waals surface area contributed by atoms with Crippen molar-refractivity contribution in [3.63, 3.8) is 0 Å². The first kappa shape index (κ1) is 14.5. The minimum atomic E-state index is 0.231. The van der Waals surface area contributed by atoms with Gasteiger partial charge in [0.2, 0.25) is 0 Å². The molecule has 0 aromatic heterocycles. The molecule has 0 aliphatic heterocycles. The van der Waals surface area contributed by atoms with Crippen LogP contribution in [-0.4, -0.2) is 13.2 Å². The van der Waals surface area contributed by atoms with E-state index in [1.54, 1.807) is 0 Å². The third kappa shape index (κ3) is 4.00. The summed E-state index contributed by atoms with van der Waals surface area (Å²) in [5, 5.41) is 3.23. The molecule has 0 amide bonds. The standard InChI is InChI=1S/C14H22BrNO/c1-9(2)11(4)17-12-6-7-13(10(3)16-5)14(15)8-12/h6-11,16H,1-5H3. The lowest BCUT2D eigenvalue weighted by molar-refractivity contribution is 0.170. The van der Waals surface area contributed by atoms with Gasteiger partial charge >= 0.3 is 0 Å². The molecule has 0 fully saturated rings. The molecule has 2 unspecified atom stereocenters. The summed E-state index contributed by atoms with van der Waals surface area (Å²) in [7, 11) is 1.96. The molecule has 96 valence electrons. The van der Waals surface area contributed by atoms with E-state index >= 15 is 0 Å². The van der Waals surface area contributed by atoms with Gasteiger partial charge in [-0.05, 0) is 44.5 Å². The molecule has 0 radical (unpaired) electrons. The van der Waals surface area contributed by atoms with Gasteiger partial charge in [0.25, 0.3) is 0 Å². The first-order chi connectivity index (χ1) is 7.95. The van der Waals surface area contributed by atoms with Gasteiger partial charge in [-0.3, -0.25) is 0 Å². The topological polar surface area (TPSA) is 21.3 Å². The van der Waals surface area contributed by atoms with Crippen LogP contribution in [0.3, 0.4) is 0 Å². The van der Waals surface area contributed by atoms with Gasteiger partial charge in [0, 0.05) is 10.5 Å². The van der Waals surface area contributed by atoms with Gasteiger partial charge in [-0.25, -0.2) is 0 Å². The predicted octanol–water partition coefficient (Wildman–Crippen LogP) is 4.15. The lowest BCUT2D eigenvalue weighted by Gasteiger charge is -2.19. The largest absolute Gasteiger partial charge is 0.490 e. The second-order valence-electron chi connectivity index (χ2n) is 4.76. The maximum Gasteiger partial charge on any atom is 0.120 e. The molecule has 0 aliphatic rings. The van der Waals surface area contributed by atoms with E-state index in [1.807, 2.05) is 19.2 Å². The van der Waals surface area contributed by atoms with Crippen molar-refractivity contribution in [2.45, 2.75) is 39.8 Å². The number of hydrogen-bond acceptors (Lipinski definition) is 2. The fourth-order valence-corrected chi connectivity index (χ4v) is 2.14. The average molecular weight is 300 g/mol. The molecular weight excluding hydrogens is 278 g/mol. The molecule has 1 aromatic rings. The third-order valence-electron chi connectivity index (χ3n) is 3.13. The molecule has 1 rings (SSSR count). The van der Waals surface area contributed by atoms with Gasteiger partial charge in [-0.2, -0.15) is 0 Å². The highest BCUT2D eigenvalue weighted by molar-refractivity contribution is 9.10. The maximum atomic E-state index is 5.87. The monoisotopic (exact) mass is 299 g/mol. The zero-order valence-corrected chi connectivity index (χ0v) is 12.8. The van der Waals surface area contributed by atoms with E-state index in [2.05, 4.69) is 55.0 Å². The van der Waals surface area contributed by atoms with Crippen molar-refractivity contribution in [3.8, 4) is 5.75 Å². The van der Waals surface area contributed by atoms with Crippen LogP contribution in [0.25, 0.3) is 0 Å². The van der Waals surface area contributed by atoms with Crippen molar-refractivity contribution < 1.29 is 4.74 Å². The van der Waals surface area contributed by atoms with Crippen molar-refractivity contribution in [3.05, 3.63) is 28.2 Å². The van der Waals surface area contributed by atoms with Crippen molar-refractivity contribution >= 4 is 15.9 Å². The summed E-state index contributed by atoms with van der Waals surface area (Å²) in [5.74, 6) is 1.44.